The second-order valence-corrected chi connectivity index (χ2v) is 4.34. The van der Waals surface area contributed by atoms with Crippen LogP contribution in [0.4, 0.5) is 4.39 Å². The SMILES string of the molecule is CCOC(=O)C(O)C(O)c1cnn(-c2cccc(F)c2)c1. The highest BCUT2D eigenvalue weighted by atomic mass is 19.1. The van der Waals surface area contributed by atoms with E-state index in [1.165, 1.54) is 35.3 Å². The third kappa shape index (κ3) is 3.45. The Morgan fingerprint density at radius 3 is 2.90 bits per heavy atom. The zero-order chi connectivity index (χ0) is 15.4. The molecule has 1 heterocycles. The van der Waals surface area contributed by atoms with Gasteiger partial charge in [0.25, 0.3) is 0 Å². The van der Waals surface area contributed by atoms with Gasteiger partial charge in [-0.2, -0.15) is 5.10 Å². The summed E-state index contributed by atoms with van der Waals surface area (Å²) in [7, 11) is 0. The predicted molar refractivity (Wildman–Crippen MR) is 71.1 cm³/mol. The maximum Gasteiger partial charge on any atom is 0.338 e. The number of nitrogens with zero attached hydrogens (tertiary/aromatic N) is 2. The summed E-state index contributed by atoms with van der Waals surface area (Å²) >= 11 is 0. The van der Waals surface area contributed by atoms with Crippen molar-refractivity contribution in [2.45, 2.75) is 19.1 Å². The van der Waals surface area contributed by atoms with Crippen LogP contribution in [0.15, 0.2) is 36.7 Å². The van der Waals surface area contributed by atoms with Gasteiger partial charge >= 0.3 is 5.97 Å². The van der Waals surface area contributed by atoms with E-state index in [-0.39, 0.29) is 12.2 Å². The number of aliphatic hydroxyl groups excluding tert-OH is 2. The van der Waals surface area contributed by atoms with Crippen LogP contribution in [0.3, 0.4) is 0 Å². The number of aliphatic hydroxyl groups is 2. The first-order valence-electron chi connectivity index (χ1n) is 6.36. The summed E-state index contributed by atoms with van der Waals surface area (Å²) in [6.07, 6.45) is -0.471. The summed E-state index contributed by atoms with van der Waals surface area (Å²) in [5.74, 6) is -1.33. The van der Waals surface area contributed by atoms with Crippen LogP contribution in [-0.2, 0) is 9.53 Å². The van der Waals surface area contributed by atoms with Crippen LogP contribution in [0.25, 0.3) is 5.69 Å². The van der Waals surface area contributed by atoms with E-state index in [9.17, 15) is 19.4 Å². The van der Waals surface area contributed by atoms with Crippen LogP contribution in [0.2, 0.25) is 0 Å². The Bertz CT molecular complexity index is 629. The van der Waals surface area contributed by atoms with Crippen LogP contribution in [0, 0.1) is 5.82 Å². The van der Waals surface area contributed by atoms with Crippen LogP contribution in [-0.4, -0.2) is 38.7 Å². The van der Waals surface area contributed by atoms with Crippen LogP contribution in [0.5, 0.6) is 0 Å². The monoisotopic (exact) mass is 294 g/mol. The Balaban J connectivity index is 2.17. The minimum atomic E-state index is -1.70. The van der Waals surface area contributed by atoms with Gasteiger partial charge in [-0.05, 0) is 25.1 Å². The molecule has 0 fully saturated rings. The Morgan fingerprint density at radius 2 is 2.24 bits per heavy atom. The Morgan fingerprint density at radius 1 is 1.48 bits per heavy atom. The molecule has 2 N–H and O–H groups in total. The lowest BCUT2D eigenvalue weighted by Gasteiger charge is -2.14. The van der Waals surface area contributed by atoms with E-state index in [0.717, 1.165) is 0 Å². The van der Waals surface area contributed by atoms with E-state index in [0.29, 0.717) is 5.69 Å². The molecular weight excluding hydrogens is 279 g/mol. The van der Waals surface area contributed by atoms with Gasteiger partial charge in [-0.3, -0.25) is 0 Å². The fraction of sp³-hybridized carbons (Fsp3) is 0.286. The molecule has 0 bridgehead atoms. The van der Waals surface area contributed by atoms with Crippen molar-refractivity contribution in [3.05, 3.63) is 48.0 Å². The van der Waals surface area contributed by atoms with Crippen molar-refractivity contribution in [1.29, 1.82) is 0 Å². The van der Waals surface area contributed by atoms with Gasteiger partial charge in [0.15, 0.2) is 6.10 Å². The number of benzene rings is 1. The average Bonchev–Trinajstić information content (AvgIpc) is 2.95. The smallest absolute Gasteiger partial charge is 0.338 e. The molecular formula is C14H15FN2O4. The molecule has 0 aliphatic rings. The minimum Gasteiger partial charge on any atom is -0.464 e. The number of hydrogen-bond acceptors (Lipinski definition) is 5. The zero-order valence-corrected chi connectivity index (χ0v) is 11.3. The highest BCUT2D eigenvalue weighted by molar-refractivity contribution is 5.75. The van der Waals surface area contributed by atoms with Gasteiger partial charge in [0.2, 0.25) is 0 Å². The molecule has 0 radical (unpaired) electrons. The van der Waals surface area contributed by atoms with E-state index < -0.39 is 24.0 Å². The first-order chi connectivity index (χ1) is 10.0. The quantitative estimate of drug-likeness (QED) is 0.803. The van der Waals surface area contributed by atoms with Crippen LogP contribution >= 0.6 is 0 Å². The molecule has 0 aliphatic heterocycles. The molecule has 0 saturated carbocycles. The lowest BCUT2D eigenvalue weighted by atomic mass is 10.1. The van der Waals surface area contributed by atoms with Crippen molar-refractivity contribution in [1.82, 2.24) is 9.78 Å². The summed E-state index contributed by atoms with van der Waals surface area (Å²) in [5.41, 5.74) is 0.680. The molecule has 1 aromatic heterocycles. The molecule has 7 heteroatoms. The van der Waals surface area contributed by atoms with Crippen molar-refractivity contribution in [2.24, 2.45) is 0 Å². The fourth-order valence-electron chi connectivity index (χ4n) is 1.79. The van der Waals surface area contributed by atoms with Crippen molar-refractivity contribution < 1.29 is 24.1 Å². The lowest BCUT2D eigenvalue weighted by molar-refractivity contribution is -0.159. The number of carbonyl (C=O) groups excluding carboxylic acids is 1. The van der Waals surface area contributed by atoms with Crippen molar-refractivity contribution in [3.8, 4) is 5.69 Å². The molecule has 2 unspecified atom stereocenters. The number of halogens is 1. The summed E-state index contributed by atoms with van der Waals surface area (Å²) < 4.78 is 19.1. The zero-order valence-electron chi connectivity index (χ0n) is 11.3. The maximum absolute atomic E-state index is 13.1. The molecule has 0 saturated heterocycles. The number of esters is 1. The summed E-state index contributed by atoms with van der Waals surface area (Å²) in [5, 5.41) is 23.6. The van der Waals surface area contributed by atoms with Gasteiger partial charge in [-0.25, -0.2) is 13.9 Å². The first kappa shape index (κ1) is 15.1. The normalized spacial score (nSPS) is 13.7. The molecule has 0 spiro atoms. The maximum atomic E-state index is 13.1. The van der Waals surface area contributed by atoms with Crippen molar-refractivity contribution >= 4 is 5.97 Å². The molecule has 1 aromatic carbocycles. The molecule has 6 nitrogen and oxygen atoms in total. The first-order valence-corrected chi connectivity index (χ1v) is 6.36. The number of aromatic nitrogens is 2. The number of rotatable bonds is 5. The highest BCUT2D eigenvalue weighted by Crippen LogP contribution is 2.19. The van der Waals surface area contributed by atoms with Gasteiger partial charge < -0.3 is 14.9 Å². The molecule has 112 valence electrons. The van der Waals surface area contributed by atoms with E-state index in [1.807, 2.05) is 0 Å². The fourth-order valence-corrected chi connectivity index (χ4v) is 1.79. The summed E-state index contributed by atoms with van der Waals surface area (Å²) in [4.78, 5) is 11.4. The van der Waals surface area contributed by atoms with E-state index in [4.69, 9.17) is 0 Å². The minimum absolute atomic E-state index is 0.102. The average molecular weight is 294 g/mol. The van der Waals surface area contributed by atoms with Crippen LogP contribution < -0.4 is 0 Å². The molecule has 2 aromatic rings. The van der Waals surface area contributed by atoms with Crippen molar-refractivity contribution in [2.75, 3.05) is 6.61 Å². The third-order valence-electron chi connectivity index (χ3n) is 2.84. The highest BCUT2D eigenvalue weighted by Gasteiger charge is 2.28. The summed E-state index contributed by atoms with van der Waals surface area (Å²) in [6, 6.07) is 5.72. The molecule has 0 aliphatic carbocycles. The standard InChI is InChI=1S/C14H15FN2O4/c1-2-21-14(20)13(19)12(18)9-7-16-17(8-9)11-5-3-4-10(15)6-11/h3-8,12-13,18-19H,2H2,1H3. The van der Waals surface area contributed by atoms with Gasteiger partial charge in [0.05, 0.1) is 18.5 Å². The molecule has 0 amide bonds. The van der Waals surface area contributed by atoms with Gasteiger partial charge in [0, 0.05) is 11.8 Å². The van der Waals surface area contributed by atoms with E-state index in [2.05, 4.69) is 9.84 Å². The second-order valence-electron chi connectivity index (χ2n) is 4.34. The number of hydrogen-bond donors (Lipinski definition) is 2. The largest absolute Gasteiger partial charge is 0.464 e. The second kappa shape index (κ2) is 6.47. The van der Waals surface area contributed by atoms with Gasteiger partial charge in [-0.15, -0.1) is 0 Å². The number of carbonyl (C=O) groups is 1. The third-order valence-corrected chi connectivity index (χ3v) is 2.84. The molecule has 2 atom stereocenters. The Labute approximate surface area is 120 Å². The molecule has 2 rings (SSSR count). The summed E-state index contributed by atoms with van der Waals surface area (Å²) in [6.45, 7) is 1.70. The molecule has 21 heavy (non-hydrogen) atoms. The van der Waals surface area contributed by atoms with Crippen LogP contribution in [0.1, 0.15) is 18.6 Å². The van der Waals surface area contributed by atoms with Gasteiger partial charge in [-0.1, -0.05) is 6.07 Å². The Hall–Kier alpha value is -2.25. The van der Waals surface area contributed by atoms with Crippen molar-refractivity contribution in [3.63, 3.8) is 0 Å². The van der Waals surface area contributed by atoms with E-state index in [1.54, 1.807) is 13.0 Å². The lowest BCUT2D eigenvalue weighted by Crippen LogP contribution is -2.29. The van der Waals surface area contributed by atoms with E-state index >= 15 is 0 Å². The predicted octanol–water partition coefficient (Wildman–Crippen LogP) is 0.969. The Kier molecular flexibility index (Phi) is 4.66. The topological polar surface area (TPSA) is 84.6 Å². The van der Waals surface area contributed by atoms with Gasteiger partial charge in [0.1, 0.15) is 11.9 Å². The number of ether oxygens (including phenoxy) is 1.